The number of rotatable bonds is 4. The number of aryl methyl sites for hydroxylation is 3. The summed E-state index contributed by atoms with van der Waals surface area (Å²) in [6.45, 7) is 2.06. The second-order valence-corrected chi connectivity index (χ2v) is 4.75. The average Bonchev–Trinajstić information content (AvgIpc) is 2.38. The normalized spacial score (nSPS) is 10.4. The quantitative estimate of drug-likeness (QED) is 0.824. The molecule has 0 saturated heterocycles. The molecule has 0 N–H and O–H groups in total. The highest BCUT2D eigenvalue weighted by Gasteiger charge is 1.99. The van der Waals surface area contributed by atoms with Gasteiger partial charge in [-0.15, -0.1) is 0 Å². The van der Waals surface area contributed by atoms with Crippen molar-refractivity contribution in [1.29, 1.82) is 0 Å². The van der Waals surface area contributed by atoms with Gasteiger partial charge in [0.1, 0.15) is 5.82 Å². The first-order valence-electron chi connectivity index (χ1n) is 6.19. The van der Waals surface area contributed by atoms with Gasteiger partial charge >= 0.3 is 0 Å². The maximum absolute atomic E-state index is 4.41. The number of aromatic nitrogens is 2. The molecule has 3 nitrogen and oxygen atoms in total. The molecular formula is C15H19N3. The molecule has 0 aromatic carbocycles. The molecule has 18 heavy (non-hydrogen) atoms. The van der Waals surface area contributed by atoms with E-state index in [2.05, 4.69) is 41.2 Å². The second kappa shape index (κ2) is 5.63. The van der Waals surface area contributed by atoms with Crippen LogP contribution in [0.1, 0.15) is 16.8 Å². The minimum atomic E-state index is 0.962. The van der Waals surface area contributed by atoms with Crippen molar-refractivity contribution in [2.45, 2.75) is 19.8 Å². The van der Waals surface area contributed by atoms with Crippen molar-refractivity contribution in [2.75, 3.05) is 19.0 Å². The third-order valence-corrected chi connectivity index (χ3v) is 2.91. The highest BCUT2D eigenvalue weighted by Crippen LogP contribution is 2.10. The van der Waals surface area contributed by atoms with E-state index in [4.69, 9.17) is 0 Å². The molecule has 0 aliphatic carbocycles. The van der Waals surface area contributed by atoms with Crippen molar-refractivity contribution < 1.29 is 0 Å². The van der Waals surface area contributed by atoms with Crippen LogP contribution in [0.3, 0.4) is 0 Å². The van der Waals surface area contributed by atoms with Crippen molar-refractivity contribution in [1.82, 2.24) is 9.97 Å². The van der Waals surface area contributed by atoms with Crippen molar-refractivity contribution >= 4 is 5.82 Å². The van der Waals surface area contributed by atoms with E-state index in [1.807, 2.05) is 31.4 Å². The topological polar surface area (TPSA) is 29.0 Å². The Balaban J connectivity index is 1.95. The lowest BCUT2D eigenvalue weighted by molar-refractivity contribution is 0.902. The molecule has 0 fully saturated rings. The van der Waals surface area contributed by atoms with Gasteiger partial charge in [-0.05, 0) is 43.0 Å². The van der Waals surface area contributed by atoms with Gasteiger partial charge in [0.15, 0.2) is 0 Å². The number of hydrogen-bond acceptors (Lipinski definition) is 3. The molecule has 0 amide bonds. The van der Waals surface area contributed by atoms with E-state index in [1.54, 1.807) is 0 Å². The zero-order valence-electron chi connectivity index (χ0n) is 11.2. The lowest BCUT2D eigenvalue weighted by Gasteiger charge is -2.11. The van der Waals surface area contributed by atoms with E-state index in [0.29, 0.717) is 0 Å². The van der Waals surface area contributed by atoms with Gasteiger partial charge in [-0.25, -0.2) is 4.98 Å². The fraction of sp³-hybridized carbons (Fsp3) is 0.333. The van der Waals surface area contributed by atoms with E-state index in [9.17, 15) is 0 Å². The summed E-state index contributed by atoms with van der Waals surface area (Å²) in [5, 5.41) is 0. The Kier molecular flexibility index (Phi) is 3.92. The van der Waals surface area contributed by atoms with E-state index < -0.39 is 0 Å². The Bertz CT molecular complexity index is 486. The van der Waals surface area contributed by atoms with E-state index in [1.165, 1.54) is 11.1 Å². The summed E-state index contributed by atoms with van der Waals surface area (Å²) in [4.78, 5) is 10.8. The summed E-state index contributed by atoms with van der Waals surface area (Å²) >= 11 is 0. The fourth-order valence-electron chi connectivity index (χ4n) is 1.75. The number of nitrogens with zero attached hydrogens (tertiary/aromatic N) is 3. The maximum atomic E-state index is 4.41. The van der Waals surface area contributed by atoms with Crippen LogP contribution in [0.4, 0.5) is 5.82 Å². The molecule has 0 aliphatic heterocycles. The van der Waals surface area contributed by atoms with E-state index in [0.717, 1.165) is 24.4 Å². The summed E-state index contributed by atoms with van der Waals surface area (Å²) in [7, 11) is 4.00. The summed E-state index contributed by atoms with van der Waals surface area (Å²) in [5.41, 5.74) is 3.59. The zero-order valence-corrected chi connectivity index (χ0v) is 11.2. The second-order valence-electron chi connectivity index (χ2n) is 4.75. The molecule has 2 rings (SSSR count). The predicted octanol–water partition coefficient (Wildman–Crippen LogP) is 2.64. The highest BCUT2D eigenvalue weighted by atomic mass is 15.1. The molecule has 0 spiro atoms. The Morgan fingerprint density at radius 2 is 1.78 bits per heavy atom. The van der Waals surface area contributed by atoms with Crippen LogP contribution in [-0.2, 0) is 12.8 Å². The molecule has 0 atom stereocenters. The van der Waals surface area contributed by atoms with Crippen LogP contribution in [0.2, 0.25) is 0 Å². The van der Waals surface area contributed by atoms with Gasteiger partial charge in [0.05, 0.1) is 0 Å². The third kappa shape index (κ3) is 3.29. The summed E-state index contributed by atoms with van der Waals surface area (Å²) in [5.74, 6) is 0.993. The van der Waals surface area contributed by atoms with Gasteiger partial charge in [0.2, 0.25) is 0 Å². The predicted molar refractivity (Wildman–Crippen MR) is 74.9 cm³/mol. The Hall–Kier alpha value is -1.90. The van der Waals surface area contributed by atoms with Crippen molar-refractivity contribution in [3.63, 3.8) is 0 Å². The maximum Gasteiger partial charge on any atom is 0.127 e. The molecule has 2 aromatic rings. The van der Waals surface area contributed by atoms with Gasteiger partial charge in [0.25, 0.3) is 0 Å². The van der Waals surface area contributed by atoms with Crippen molar-refractivity contribution in [2.24, 2.45) is 0 Å². The number of pyridine rings is 2. The average molecular weight is 241 g/mol. The lowest BCUT2D eigenvalue weighted by atomic mass is 10.1. The lowest BCUT2D eigenvalue weighted by Crippen LogP contribution is -2.10. The van der Waals surface area contributed by atoms with Crippen LogP contribution in [0.25, 0.3) is 0 Å². The summed E-state index contributed by atoms with van der Waals surface area (Å²) in [6, 6.07) is 8.39. The smallest absolute Gasteiger partial charge is 0.127 e. The number of anilines is 1. The van der Waals surface area contributed by atoms with Gasteiger partial charge in [-0.3, -0.25) is 4.98 Å². The largest absolute Gasteiger partial charge is 0.363 e. The van der Waals surface area contributed by atoms with Crippen LogP contribution in [-0.4, -0.2) is 24.1 Å². The summed E-state index contributed by atoms with van der Waals surface area (Å²) < 4.78 is 0. The van der Waals surface area contributed by atoms with Crippen LogP contribution in [0.15, 0.2) is 36.7 Å². The summed E-state index contributed by atoms with van der Waals surface area (Å²) in [6.07, 6.45) is 5.81. The minimum absolute atomic E-state index is 0.962. The molecule has 0 bridgehead atoms. The molecule has 2 aromatic heterocycles. The van der Waals surface area contributed by atoms with E-state index in [-0.39, 0.29) is 0 Å². The molecule has 3 heteroatoms. The Labute approximate surface area is 109 Å². The monoisotopic (exact) mass is 241 g/mol. The molecule has 0 radical (unpaired) electrons. The Morgan fingerprint density at radius 3 is 2.33 bits per heavy atom. The molecule has 0 unspecified atom stereocenters. The van der Waals surface area contributed by atoms with Crippen LogP contribution >= 0.6 is 0 Å². The third-order valence-electron chi connectivity index (χ3n) is 2.91. The molecule has 2 heterocycles. The molecule has 0 saturated carbocycles. The van der Waals surface area contributed by atoms with Crippen molar-refractivity contribution in [3.05, 3.63) is 53.5 Å². The van der Waals surface area contributed by atoms with Crippen LogP contribution in [0.5, 0.6) is 0 Å². The molecule has 0 aliphatic rings. The SMILES string of the molecule is Cc1ccc(CCc2ccc(N(C)C)nc2)nc1. The van der Waals surface area contributed by atoms with Gasteiger partial charge in [-0.2, -0.15) is 0 Å². The van der Waals surface area contributed by atoms with Gasteiger partial charge in [0, 0.05) is 32.2 Å². The first kappa shape index (κ1) is 12.6. The molecular weight excluding hydrogens is 222 g/mol. The molecule has 94 valence electrons. The first-order chi connectivity index (χ1) is 8.65. The highest BCUT2D eigenvalue weighted by molar-refractivity contribution is 5.37. The first-order valence-corrected chi connectivity index (χ1v) is 6.19. The minimum Gasteiger partial charge on any atom is -0.363 e. The fourth-order valence-corrected chi connectivity index (χ4v) is 1.75. The van der Waals surface area contributed by atoms with Crippen LogP contribution in [0, 0.1) is 6.92 Å². The van der Waals surface area contributed by atoms with Gasteiger partial charge < -0.3 is 4.90 Å². The number of hydrogen-bond donors (Lipinski definition) is 0. The van der Waals surface area contributed by atoms with E-state index >= 15 is 0 Å². The zero-order chi connectivity index (χ0) is 13.0. The van der Waals surface area contributed by atoms with Gasteiger partial charge in [-0.1, -0.05) is 12.1 Å². The van der Waals surface area contributed by atoms with Crippen LogP contribution < -0.4 is 4.90 Å². The Morgan fingerprint density at radius 1 is 0.944 bits per heavy atom. The van der Waals surface area contributed by atoms with Crippen molar-refractivity contribution in [3.8, 4) is 0 Å². The standard InChI is InChI=1S/C15H19N3/c1-12-4-7-14(16-10-12)8-5-13-6-9-15(17-11-13)18(2)3/h4,6-7,9-11H,5,8H2,1-3H3.